The Morgan fingerprint density at radius 1 is 1.12 bits per heavy atom. The van der Waals surface area contributed by atoms with Gasteiger partial charge in [0.2, 0.25) is 0 Å². The molecule has 7 nitrogen and oxygen atoms in total. The van der Waals surface area contributed by atoms with Gasteiger partial charge in [-0.25, -0.2) is 9.59 Å². The molecule has 1 atom stereocenters. The van der Waals surface area contributed by atoms with Crippen molar-refractivity contribution in [2.75, 3.05) is 32.3 Å². The Morgan fingerprint density at radius 2 is 1.74 bits per heavy atom. The van der Waals surface area contributed by atoms with Crippen LogP contribution in [0.25, 0.3) is 0 Å². The first kappa shape index (κ1) is 27.6. The van der Waals surface area contributed by atoms with E-state index in [0.29, 0.717) is 27.7 Å². The van der Waals surface area contributed by atoms with Crippen LogP contribution in [-0.2, 0) is 23.9 Å². The highest BCUT2D eigenvalue weighted by molar-refractivity contribution is 7.99. The summed E-state index contributed by atoms with van der Waals surface area (Å²) in [5.41, 5.74) is 1.85. The van der Waals surface area contributed by atoms with Crippen molar-refractivity contribution < 1.29 is 37.0 Å². The molecule has 2 N–H and O–H groups in total. The summed E-state index contributed by atoms with van der Waals surface area (Å²) in [5.74, 6) is -3.47. The van der Waals surface area contributed by atoms with Crippen LogP contribution < -0.4 is 10.6 Å². The Hall–Kier alpha value is -2.66. The van der Waals surface area contributed by atoms with Crippen molar-refractivity contribution in [2.24, 2.45) is 0 Å². The highest BCUT2D eigenvalue weighted by Gasteiger charge is 2.40. The number of thioether (sulfide) groups is 1. The molecule has 0 aliphatic carbocycles. The lowest BCUT2D eigenvalue weighted by Gasteiger charge is -2.31. The number of carbonyl (C=O) groups excluding carboxylic acids is 3. The van der Waals surface area contributed by atoms with Gasteiger partial charge in [-0.2, -0.15) is 24.9 Å². The monoisotopic (exact) mass is 520 g/mol. The summed E-state index contributed by atoms with van der Waals surface area (Å²) in [7, 11) is 2.45. The first-order valence-electron chi connectivity index (χ1n) is 10.1. The van der Waals surface area contributed by atoms with E-state index in [1.54, 1.807) is 31.2 Å². The second-order valence-corrected chi connectivity index (χ2v) is 8.67. The number of dihydropyridines is 1. The zero-order valence-electron chi connectivity index (χ0n) is 18.7. The van der Waals surface area contributed by atoms with E-state index in [-0.39, 0.29) is 29.9 Å². The fourth-order valence-corrected chi connectivity index (χ4v) is 4.58. The molecular formula is C22H24ClF3N2O5S. The number of halogens is 4. The minimum absolute atomic E-state index is 0.144. The van der Waals surface area contributed by atoms with Crippen molar-refractivity contribution >= 4 is 41.2 Å². The van der Waals surface area contributed by atoms with Gasteiger partial charge in [0.1, 0.15) is 0 Å². The molecule has 186 valence electrons. The molecule has 1 unspecified atom stereocenters. The first-order valence-corrected chi connectivity index (χ1v) is 11.6. The molecule has 34 heavy (non-hydrogen) atoms. The molecule has 1 aliphatic heterocycles. The Bertz CT molecular complexity index is 1010. The van der Waals surface area contributed by atoms with Gasteiger partial charge >= 0.3 is 24.0 Å². The first-order chi connectivity index (χ1) is 16.0. The quantitative estimate of drug-likeness (QED) is 0.379. The van der Waals surface area contributed by atoms with Crippen molar-refractivity contribution in [3.05, 3.63) is 57.4 Å². The maximum absolute atomic E-state index is 12.8. The van der Waals surface area contributed by atoms with Crippen molar-refractivity contribution in [3.8, 4) is 0 Å². The minimum atomic E-state index is -4.92. The molecule has 1 aromatic carbocycles. The number of benzene rings is 1. The van der Waals surface area contributed by atoms with Crippen molar-refractivity contribution in [1.29, 1.82) is 0 Å². The third-order valence-corrected chi connectivity index (χ3v) is 6.34. The molecule has 1 amide bonds. The number of alkyl halides is 3. The molecule has 1 aliphatic rings. The maximum Gasteiger partial charge on any atom is 0.471 e. The van der Waals surface area contributed by atoms with E-state index in [2.05, 4.69) is 5.32 Å². The molecule has 0 saturated heterocycles. The van der Waals surface area contributed by atoms with Gasteiger partial charge in [0.05, 0.1) is 31.3 Å². The van der Waals surface area contributed by atoms with Crippen molar-refractivity contribution in [2.45, 2.75) is 25.4 Å². The highest BCUT2D eigenvalue weighted by atomic mass is 35.5. The van der Waals surface area contributed by atoms with E-state index in [4.69, 9.17) is 21.1 Å². The lowest BCUT2D eigenvalue weighted by molar-refractivity contribution is -0.173. The van der Waals surface area contributed by atoms with Crippen LogP contribution in [0.1, 0.15) is 24.8 Å². The van der Waals surface area contributed by atoms with Gasteiger partial charge in [-0.3, -0.25) is 4.79 Å². The molecule has 0 saturated carbocycles. The average molecular weight is 521 g/mol. The maximum atomic E-state index is 12.8. The van der Waals surface area contributed by atoms with E-state index in [1.807, 2.05) is 5.32 Å². The van der Waals surface area contributed by atoms with Crippen molar-refractivity contribution in [3.63, 3.8) is 0 Å². The third kappa shape index (κ3) is 6.69. The average Bonchev–Trinajstić information content (AvgIpc) is 2.79. The summed E-state index contributed by atoms with van der Waals surface area (Å²) < 4.78 is 46.7. The lowest BCUT2D eigenvalue weighted by Crippen LogP contribution is -2.37. The summed E-state index contributed by atoms with van der Waals surface area (Å²) >= 11 is 7.75. The van der Waals surface area contributed by atoms with Gasteiger partial charge < -0.3 is 20.1 Å². The summed E-state index contributed by atoms with van der Waals surface area (Å²) in [5, 5.41) is 5.23. The number of rotatable bonds is 9. The Balaban J connectivity index is 2.28. The Kier molecular flexibility index (Phi) is 9.87. The molecule has 2 rings (SSSR count). The molecule has 1 heterocycles. The normalized spacial score (nSPS) is 16.1. The summed E-state index contributed by atoms with van der Waals surface area (Å²) in [6.07, 6.45) is -4.64. The second kappa shape index (κ2) is 12.2. The Labute approximate surface area is 204 Å². The highest BCUT2D eigenvalue weighted by Crippen LogP contribution is 2.42. The van der Waals surface area contributed by atoms with Crippen LogP contribution in [0.4, 0.5) is 13.2 Å². The van der Waals surface area contributed by atoms with Crippen molar-refractivity contribution in [1.82, 2.24) is 10.6 Å². The fraction of sp³-hybridized carbons (Fsp3) is 0.409. The summed E-state index contributed by atoms with van der Waals surface area (Å²) in [6, 6.07) is 6.79. The van der Waals surface area contributed by atoms with Crippen LogP contribution in [0.3, 0.4) is 0 Å². The number of allylic oxidation sites excluding steroid dienone is 1. The fourth-order valence-electron chi connectivity index (χ4n) is 3.41. The predicted molar refractivity (Wildman–Crippen MR) is 122 cm³/mol. The molecule has 12 heteroatoms. The standard InChI is InChI=1S/C22H24ClF3N2O5S/c1-12-16(19(29)32-2)17(13-7-4-5-8-14(13)23)18(20(30)33-3)15(28-12)11-34-10-6-9-27-21(31)22(24,25)26/h4-5,7-8,17,28H,6,9-11H2,1-3H3,(H,27,31). The number of ether oxygens (including phenoxy) is 2. The Morgan fingerprint density at radius 3 is 2.32 bits per heavy atom. The van der Waals surface area contributed by atoms with Gasteiger partial charge in [0.25, 0.3) is 0 Å². The summed E-state index contributed by atoms with van der Waals surface area (Å²) in [4.78, 5) is 36.3. The molecule has 0 fully saturated rings. The lowest BCUT2D eigenvalue weighted by atomic mass is 9.80. The van der Waals surface area contributed by atoms with Crippen LogP contribution in [-0.4, -0.2) is 56.3 Å². The van der Waals surface area contributed by atoms with Crippen LogP contribution in [0.15, 0.2) is 46.8 Å². The predicted octanol–water partition coefficient (Wildman–Crippen LogP) is 3.70. The molecule has 0 bridgehead atoms. The van der Waals surface area contributed by atoms with Gasteiger partial charge in [-0.15, -0.1) is 0 Å². The van der Waals surface area contributed by atoms with E-state index < -0.39 is 29.9 Å². The third-order valence-electron chi connectivity index (χ3n) is 4.93. The van der Waals surface area contributed by atoms with E-state index in [1.165, 1.54) is 26.0 Å². The molecule has 0 radical (unpaired) electrons. The van der Waals surface area contributed by atoms with Gasteiger partial charge in [-0.05, 0) is 30.7 Å². The van der Waals surface area contributed by atoms with Gasteiger partial charge in [-0.1, -0.05) is 29.8 Å². The van der Waals surface area contributed by atoms with E-state index >= 15 is 0 Å². The van der Waals surface area contributed by atoms with Gasteiger partial charge in [0.15, 0.2) is 0 Å². The summed E-state index contributed by atoms with van der Waals surface area (Å²) in [6.45, 7) is 1.52. The number of nitrogens with one attached hydrogen (secondary N) is 2. The molecule has 0 aromatic heterocycles. The number of carbonyl (C=O) groups is 3. The SMILES string of the molecule is COC(=O)C1=C(C)NC(CSCCCNC(=O)C(F)(F)F)=C(C(=O)OC)C1c1ccccc1Cl. The number of esters is 2. The molecule has 1 aromatic rings. The second-order valence-electron chi connectivity index (χ2n) is 7.15. The zero-order chi connectivity index (χ0) is 25.5. The minimum Gasteiger partial charge on any atom is -0.466 e. The smallest absolute Gasteiger partial charge is 0.466 e. The van der Waals surface area contributed by atoms with Crippen LogP contribution in [0.2, 0.25) is 5.02 Å². The molecular weight excluding hydrogens is 497 g/mol. The van der Waals surface area contributed by atoms with Crippen LogP contribution in [0, 0.1) is 0 Å². The largest absolute Gasteiger partial charge is 0.471 e. The molecule has 0 spiro atoms. The topological polar surface area (TPSA) is 93.7 Å². The number of amides is 1. The van der Waals surface area contributed by atoms with Crippen LogP contribution >= 0.6 is 23.4 Å². The van der Waals surface area contributed by atoms with Crippen LogP contribution in [0.5, 0.6) is 0 Å². The zero-order valence-corrected chi connectivity index (χ0v) is 20.2. The van der Waals surface area contributed by atoms with E-state index in [9.17, 15) is 27.6 Å². The van der Waals surface area contributed by atoms with Gasteiger partial charge in [0, 0.05) is 28.7 Å². The van der Waals surface area contributed by atoms with E-state index in [0.717, 1.165) is 0 Å². The number of hydrogen-bond acceptors (Lipinski definition) is 7. The number of methoxy groups -OCH3 is 2. The number of hydrogen-bond donors (Lipinski definition) is 2.